The Bertz CT molecular complexity index is 1380. The molecule has 1 aliphatic rings. The number of Topliss-reactive ketones (excluding diaryl/α,β-unsaturated/α-hetero) is 1. The van der Waals surface area contributed by atoms with Gasteiger partial charge in [0.1, 0.15) is 10.8 Å². The normalized spacial score (nSPS) is 17.1. The van der Waals surface area contributed by atoms with Gasteiger partial charge < -0.3 is 14.6 Å². The molecule has 1 unspecified atom stereocenters. The Balaban J connectivity index is 2.01. The van der Waals surface area contributed by atoms with Crippen molar-refractivity contribution in [3.8, 4) is 11.5 Å². The number of halogens is 4. The predicted octanol–water partition coefficient (Wildman–Crippen LogP) is 5.31. The molecule has 180 valence electrons. The Morgan fingerprint density at radius 2 is 1.77 bits per heavy atom. The lowest BCUT2D eigenvalue weighted by atomic mass is 9.95. The van der Waals surface area contributed by atoms with E-state index in [-0.39, 0.29) is 38.4 Å². The minimum absolute atomic E-state index is 0.00705. The van der Waals surface area contributed by atoms with Crippen molar-refractivity contribution >= 4 is 46.3 Å². The number of benzene rings is 2. The maximum atomic E-state index is 14.0. The van der Waals surface area contributed by atoms with Gasteiger partial charge in [0, 0.05) is 24.1 Å². The first-order valence-electron chi connectivity index (χ1n) is 9.97. The van der Waals surface area contributed by atoms with Gasteiger partial charge in [0.05, 0.1) is 36.4 Å². The number of carbonyl (C=O) groups excluding carboxylic acids is 2. The molecular weight excluding hydrogens is 505 g/mol. The van der Waals surface area contributed by atoms with Crippen LogP contribution in [0, 0.1) is 11.6 Å². The number of aliphatic hydroxyl groups is 1. The number of ether oxygens (including phenoxy) is 2. The third kappa shape index (κ3) is 4.06. The zero-order valence-corrected chi connectivity index (χ0v) is 19.7. The Morgan fingerprint density at radius 3 is 2.37 bits per heavy atom. The van der Waals surface area contributed by atoms with E-state index in [4.69, 9.17) is 32.7 Å². The lowest BCUT2D eigenvalue weighted by Gasteiger charge is -2.25. The number of pyridine rings is 1. The number of ketones is 1. The van der Waals surface area contributed by atoms with Crippen LogP contribution in [0.5, 0.6) is 11.5 Å². The molecule has 0 bridgehead atoms. The molecule has 1 amide bonds. The summed E-state index contributed by atoms with van der Waals surface area (Å²) >= 11 is 12.6. The van der Waals surface area contributed by atoms with Crippen molar-refractivity contribution in [2.24, 2.45) is 0 Å². The highest BCUT2D eigenvalue weighted by molar-refractivity contribution is 6.52. The first-order chi connectivity index (χ1) is 16.7. The second-order valence-corrected chi connectivity index (χ2v) is 8.13. The monoisotopic (exact) mass is 520 g/mol. The van der Waals surface area contributed by atoms with Gasteiger partial charge >= 0.3 is 0 Å². The predicted molar refractivity (Wildman–Crippen MR) is 125 cm³/mol. The maximum absolute atomic E-state index is 14.0. The van der Waals surface area contributed by atoms with Crippen LogP contribution in [0.2, 0.25) is 10.0 Å². The molecule has 0 spiro atoms. The van der Waals surface area contributed by atoms with E-state index >= 15 is 0 Å². The van der Waals surface area contributed by atoms with Crippen molar-refractivity contribution < 1.29 is 33.0 Å². The van der Waals surface area contributed by atoms with E-state index in [0.29, 0.717) is 5.56 Å². The summed E-state index contributed by atoms with van der Waals surface area (Å²) in [5, 5.41) is 11.3. The van der Waals surface area contributed by atoms with Crippen LogP contribution in [-0.4, -0.2) is 36.0 Å². The quantitative estimate of drug-likeness (QED) is 0.278. The molecule has 11 heteroatoms. The molecule has 1 atom stereocenters. The van der Waals surface area contributed by atoms with E-state index in [1.807, 2.05) is 0 Å². The molecule has 1 aromatic heterocycles. The lowest BCUT2D eigenvalue weighted by Crippen LogP contribution is -2.29. The Morgan fingerprint density at radius 1 is 1.06 bits per heavy atom. The smallest absolute Gasteiger partial charge is 0.300 e. The summed E-state index contributed by atoms with van der Waals surface area (Å²) in [6, 6.07) is 5.91. The van der Waals surface area contributed by atoms with Crippen molar-refractivity contribution in [2.75, 3.05) is 19.1 Å². The molecule has 1 N–H and O–H groups in total. The standard InChI is InChI=1S/C24H16Cl2F2N2O5/c1-34-22-13(9-14(25)23(35-2)18(22)26)20(31)17-19(11-4-3-7-29-10-11)30(24(33)21(17)32)12-5-6-15(27)16(28)8-12/h3-10,19,31H,1-2H3/b20-17+. The number of hydrogen-bond acceptors (Lipinski definition) is 6. The van der Waals surface area contributed by atoms with Gasteiger partial charge in [-0.1, -0.05) is 29.3 Å². The van der Waals surface area contributed by atoms with Crippen molar-refractivity contribution in [3.63, 3.8) is 0 Å². The van der Waals surface area contributed by atoms with Gasteiger partial charge in [-0.15, -0.1) is 0 Å². The molecule has 1 aliphatic heterocycles. The Kier molecular flexibility index (Phi) is 6.64. The number of amides is 1. The highest BCUT2D eigenvalue weighted by Crippen LogP contribution is 2.48. The second kappa shape index (κ2) is 9.52. The third-order valence-electron chi connectivity index (χ3n) is 5.42. The van der Waals surface area contributed by atoms with Crippen LogP contribution < -0.4 is 14.4 Å². The second-order valence-electron chi connectivity index (χ2n) is 7.34. The summed E-state index contributed by atoms with van der Waals surface area (Å²) in [6.45, 7) is 0. The molecular formula is C24H16Cl2F2N2O5. The zero-order valence-electron chi connectivity index (χ0n) is 18.2. The molecule has 0 aliphatic carbocycles. The Labute approximate surface area is 208 Å². The van der Waals surface area contributed by atoms with Crippen LogP contribution in [0.15, 0.2) is 54.4 Å². The van der Waals surface area contributed by atoms with E-state index in [1.54, 1.807) is 12.1 Å². The molecule has 1 saturated heterocycles. The summed E-state index contributed by atoms with van der Waals surface area (Å²) in [7, 11) is 2.62. The average molecular weight is 521 g/mol. The SMILES string of the molecule is COc1c(Cl)cc(/C(O)=C2\C(=O)C(=O)N(c3ccc(F)c(F)c3)C2c2cccnc2)c(OC)c1Cl. The first kappa shape index (κ1) is 24.4. The lowest BCUT2D eigenvalue weighted by molar-refractivity contribution is -0.132. The van der Waals surface area contributed by atoms with Crippen LogP contribution in [0.25, 0.3) is 5.76 Å². The fourth-order valence-electron chi connectivity index (χ4n) is 3.88. The number of hydrogen-bond donors (Lipinski definition) is 1. The van der Waals surface area contributed by atoms with Crippen molar-refractivity contribution in [3.05, 3.63) is 87.2 Å². The maximum Gasteiger partial charge on any atom is 0.300 e. The van der Waals surface area contributed by atoms with Gasteiger partial charge in [0.2, 0.25) is 0 Å². The zero-order chi connectivity index (χ0) is 25.4. The molecule has 2 aromatic carbocycles. The van der Waals surface area contributed by atoms with E-state index in [0.717, 1.165) is 23.1 Å². The molecule has 3 aromatic rings. The van der Waals surface area contributed by atoms with E-state index < -0.39 is 35.1 Å². The molecule has 1 fully saturated rings. The molecule has 0 radical (unpaired) electrons. The molecule has 2 heterocycles. The van der Waals surface area contributed by atoms with Crippen LogP contribution in [-0.2, 0) is 9.59 Å². The number of carbonyl (C=O) groups is 2. The van der Waals surface area contributed by atoms with Crippen LogP contribution in [0.1, 0.15) is 17.2 Å². The molecule has 4 rings (SSSR count). The largest absolute Gasteiger partial charge is 0.507 e. The van der Waals surface area contributed by atoms with Gasteiger partial charge in [-0.3, -0.25) is 19.5 Å². The third-order valence-corrected chi connectivity index (χ3v) is 6.04. The molecule has 0 saturated carbocycles. The van der Waals surface area contributed by atoms with Crippen molar-refractivity contribution in [1.29, 1.82) is 0 Å². The average Bonchev–Trinajstić information content (AvgIpc) is 3.11. The molecule has 35 heavy (non-hydrogen) atoms. The van der Waals surface area contributed by atoms with Gasteiger partial charge in [-0.05, 0) is 29.8 Å². The fourth-order valence-corrected chi connectivity index (χ4v) is 4.57. The van der Waals surface area contributed by atoms with E-state index in [2.05, 4.69) is 4.98 Å². The molecule has 7 nitrogen and oxygen atoms in total. The summed E-state index contributed by atoms with van der Waals surface area (Å²) < 4.78 is 38.1. The van der Waals surface area contributed by atoms with E-state index in [9.17, 15) is 23.5 Å². The summed E-state index contributed by atoms with van der Waals surface area (Å²) in [6.07, 6.45) is 2.85. The van der Waals surface area contributed by atoms with Crippen molar-refractivity contribution in [1.82, 2.24) is 4.98 Å². The number of nitrogens with zero attached hydrogens (tertiary/aromatic N) is 2. The highest BCUT2D eigenvalue weighted by Gasteiger charge is 2.47. The number of aromatic nitrogens is 1. The first-order valence-corrected chi connectivity index (χ1v) is 10.7. The van der Waals surface area contributed by atoms with Crippen LogP contribution in [0.4, 0.5) is 14.5 Å². The minimum Gasteiger partial charge on any atom is -0.507 e. The van der Waals surface area contributed by atoms with Gasteiger partial charge in [0.25, 0.3) is 11.7 Å². The van der Waals surface area contributed by atoms with Crippen molar-refractivity contribution in [2.45, 2.75) is 6.04 Å². The van der Waals surface area contributed by atoms with E-state index in [1.165, 1.54) is 32.7 Å². The topological polar surface area (TPSA) is 89.0 Å². The number of methoxy groups -OCH3 is 2. The Hall–Kier alpha value is -3.69. The highest BCUT2D eigenvalue weighted by atomic mass is 35.5. The van der Waals surface area contributed by atoms with Crippen LogP contribution in [0.3, 0.4) is 0 Å². The van der Waals surface area contributed by atoms with Crippen LogP contribution >= 0.6 is 23.2 Å². The van der Waals surface area contributed by atoms with Gasteiger partial charge in [0.15, 0.2) is 23.1 Å². The number of rotatable bonds is 5. The number of aliphatic hydroxyl groups excluding tert-OH is 1. The van der Waals surface area contributed by atoms with Gasteiger partial charge in [-0.25, -0.2) is 8.78 Å². The minimum atomic E-state index is -1.24. The summed E-state index contributed by atoms with van der Waals surface area (Å²) in [5.41, 5.74) is -0.219. The summed E-state index contributed by atoms with van der Waals surface area (Å²) in [4.78, 5) is 31.3. The fraction of sp³-hybridized carbons (Fsp3) is 0.125. The number of anilines is 1. The summed E-state index contributed by atoms with van der Waals surface area (Å²) in [5.74, 6) is -5.13. The van der Waals surface area contributed by atoms with Gasteiger partial charge in [-0.2, -0.15) is 0 Å².